The monoisotopic (exact) mass is 292 g/mol. The van der Waals surface area contributed by atoms with E-state index in [9.17, 15) is 9.59 Å². The summed E-state index contributed by atoms with van der Waals surface area (Å²) in [5.41, 5.74) is 7.60. The van der Waals surface area contributed by atoms with Gasteiger partial charge in [-0.05, 0) is 31.4 Å². The number of carboxylic acid groups (broad SMARTS) is 1. The molecule has 21 heavy (non-hydrogen) atoms. The molecular formula is C16H24N2O3. The maximum Gasteiger partial charge on any atom is 0.303 e. The van der Waals surface area contributed by atoms with Crippen molar-refractivity contribution in [1.29, 1.82) is 0 Å². The second-order valence-electron chi connectivity index (χ2n) is 5.33. The van der Waals surface area contributed by atoms with E-state index in [1.165, 1.54) is 0 Å². The predicted molar refractivity (Wildman–Crippen MR) is 81.8 cm³/mol. The van der Waals surface area contributed by atoms with E-state index in [0.717, 1.165) is 11.1 Å². The molecule has 0 saturated heterocycles. The molecule has 5 nitrogen and oxygen atoms in total. The van der Waals surface area contributed by atoms with Crippen molar-refractivity contribution in [1.82, 2.24) is 4.90 Å². The Bertz CT molecular complexity index is 486. The Kier molecular flexibility index (Phi) is 6.88. The molecule has 0 aliphatic rings. The van der Waals surface area contributed by atoms with Gasteiger partial charge in [0.05, 0.1) is 6.42 Å². The first-order valence-corrected chi connectivity index (χ1v) is 7.23. The summed E-state index contributed by atoms with van der Waals surface area (Å²) in [6.45, 7) is 4.75. The van der Waals surface area contributed by atoms with Crippen LogP contribution in [-0.4, -0.2) is 34.5 Å². The van der Waals surface area contributed by atoms with Gasteiger partial charge in [-0.1, -0.05) is 24.3 Å². The van der Waals surface area contributed by atoms with Crippen LogP contribution in [0.3, 0.4) is 0 Å². The Balaban J connectivity index is 2.70. The molecule has 0 heterocycles. The normalized spacial score (nSPS) is 10.7. The zero-order chi connectivity index (χ0) is 15.8. The number of nitrogens with two attached hydrogens (primary N) is 1. The van der Waals surface area contributed by atoms with Crippen LogP contribution in [0.2, 0.25) is 0 Å². The Morgan fingerprint density at radius 2 is 1.86 bits per heavy atom. The Morgan fingerprint density at radius 1 is 1.24 bits per heavy atom. The van der Waals surface area contributed by atoms with E-state index in [1.54, 1.807) is 4.90 Å². The largest absolute Gasteiger partial charge is 0.481 e. The maximum atomic E-state index is 12.4. The van der Waals surface area contributed by atoms with Crippen molar-refractivity contribution in [2.45, 2.75) is 45.7 Å². The van der Waals surface area contributed by atoms with Crippen LogP contribution in [0, 0.1) is 0 Å². The lowest BCUT2D eigenvalue weighted by Crippen LogP contribution is -2.39. The third-order valence-corrected chi connectivity index (χ3v) is 3.41. The number of amides is 1. The van der Waals surface area contributed by atoms with Crippen molar-refractivity contribution in [2.24, 2.45) is 5.73 Å². The van der Waals surface area contributed by atoms with Crippen molar-refractivity contribution >= 4 is 11.9 Å². The summed E-state index contributed by atoms with van der Waals surface area (Å²) in [6.07, 6.45) is 0.853. The maximum absolute atomic E-state index is 12.4. The predicted octanol–water partition coefficient (Wildman–Crippen LogP) is 1.79. The van der Waals surface area contributed by atoms with Gasteiger partial charge in [0.2, 0.25) is 5.91 Å². The molecule has 0 bridgehead atoms. The number of aliphatic carboxylic acids is 1. The molecule has 0 unspecified atom stereocenters. The number of rotatable bonds is 8. The number of carbonyl (C=O) groups excluding carboxylic acids is 1. The van der Waals surface area contributed by atoms with Crippen LogP contribution < -0.4 is 5.73 Å². The highest BCUT2D eigenvalue weighted by Gasteiger charge is 2.18. The molecule has 1 rings (SSSR count). The molecule has 0 aliphatic carbocycles. The van der Waals surface area contributed by atoms with Gasteiger partial charge in [-0.15, -0.1) is 0 Å². The zero-order valence-corrected chi connectivity index (χ0v) is 12.7. The molecule has 1 aromatic carbocycles. The van der Waals surface area contributed by atoms with Crippen molar-refractivity contribution in [3.8, 4) is 0 Å². The van der Waals surface area contributed by atoms with Crippen LogP contribution in [0.15, 0.2) is 24.3 Å². The SMILES string of the molecule is CC(C)N(CCCC(=O)O)C(=O)Cc1ccccc1CN. The summed E-state index contributed by atoms with van der Waals surface area (Å²) in [6, 6.07) is 7.69. The molecular weight excluding hydrogens is 268 g/mol. The van der Waals surface area contributed by atoms with Crippen molar-refractivity contribution in [3.63, 3.8) is 0 Å². The van der Waals surface area contributed by atoms with Crippen LogP contribution in [0.25, 0.3) is 0 Å². The van der Waals surface area contributed by atoms with Crippen LogP contribution in [-0.2, 0) is 22.6 Å². The summed E-state index contributed by atoms with van der Waals surface area (Å²) < 4.78 is 0. The lowest BCUT2D eigenvalue weighted by molar-refractivity contribution is -0.138. The fourth-order valence-corrected chi connectivity index (χ4v) is 2.27. The number of benzene rings is 1. The lowest BCUT2D eigenvalue weighted by Gasteiger charge is -2.27. The van der Waals surface area contributed by atoms with Crippen molar-refractivity contribution in [2.75, 3.05) is 6.54 Å². The fourth-order valence-electron chi connectivity index (χ4n) is 2.27. The van der Waals surface area contributed by atoms with E-state index in [1.807, 2.05) is 38.1 Å². The highest BCUT2D eigenvalue weighted by Crippen LogP contribution is 2.12. The second kappa shape index (κ2) is 8.42. The first-order valence-electron chi connectivity index (χ1n) is 7.23. The molecule has 116 valence electrons. The minimum absolute atomic E-state index is 0.0105. The van der Waals surface area contributed by atoms with E-state index in [-0.39, 0.29) is 18.4 Å². The molecule has 0 spiro atoms. The van der Waals surface area contributed by atoms with Gasteiger partial charge < -0.3 is 15.7 Å². The van der Waals surface area contributed by atoms with Gasteiger partial charge in [0.1, 0.15) is 0 Å². The number of carbonyl (C=O) groups is 2. The van der Waals surface area contributed by atoms with Crippen LogP contribution in [0.1, 0.15) is 37.8 Å². The Morgan fingerprint density at radius 3 is 2.38 bits per heavy atom. The van der Waals surface area contributed by atoms with Gasteiger partial charge >= 0.3 is 5.97 Å². The molecule has 1 aromatic rings. The topological polar surface area (TPSA) is 83.6 Å². The zero-order valence-electron chi connectivity index (χ0n) is 12.7. The molecule has 1 amide bonds. The fraction of sp³-hybridized carbons (Fsp3) is 0.500. The highest BCUT2D eigenvalue weighted by atomic mass is 16.4. The van der Waals surface area contributed by atoms with E-state index in [4.69, 9.17) is 10.8 Å². The average Bonchev–Trinajstić information content (AvgIpc) is 2.43. The summed E-state index contributed by atoms with van der Waals surface area (Å²) in [5.74, 6) is -0.823. The average molecular weight is 292 g/mol. The van der Waals surface area contributed by atoms with E-state index >= 15 is 0 Å². The Labute approximate surface area is 125 Å². The van der Waals surface area contributed by atoms with Crippen LogP contribution in [0.4, 0.5) is 0 Å². The molecule has 0 fully saturated rings. The third kappa shape index (κ3) is 5.55. The molecule has 0 aliphatic heterocycles. The van der Waals surface area contributed by atoms with Gasteiger partial charge in [-0.2, -0.15) is 0 Å². The van der Waals surface area contributed by atoms with Gasteiger partial charge in [-0.3, -0.25) is 9.59 Å². The smallest absolute Gasteiger partial charge is 0.303 e. The quantitative estimate of drug-likeness (QED) is 0.765. The van der Waals surface area contributed by atoms with Gasteiger partial charge in [0.25, 0.3) is 0 Å². The van der Waals surface area contributed by atoms with Gasteiger partial charge in [0.15, 0.2) is 0 Å². The molecule has 0 saturated carbocycles. The Hall–Kier alpha value is -1.88. The molecule has 3 N–H and O–H groups in total. The van der Waals surface area contributed by atoms with Crippen LogP contribution in [0.5, 0.6) is 0 Å². The molecule has 0 aromatic heterocycles. The number of hydrogen-bond donors (Lipinski definition) is 2. The third-order valence-electron chi connectivity index (χ3n) is 3.41. The molecule has 5 heteroatoms. The summed E-state index contributed by atoms with van der Waals surface area (Å²) in [5, 5.41) is 8.69. The standard InChI is InChI=1S/C16H24N2O3/c1-12(2)18(9-5-8-16(20)21)15(19)10-13-6-3-4-7-14(13)11-17/h3-4,6-7,12H,5,8-11,17H2,1-2H3,(H,20,21). The second-order valence-corrected chi connectivity index (χ2v) is 5.33. The highest BCUT2D eigenvalue weighted by molar-refractivity contribution is 5.79. The minimum atomic E-state index is -0.834. The molecule has 0 radical (unpaired) electrons. The first kappa shape index (κ1) is 17.2. The van der Waals surface area contributed by atoms with Crippen molar-refractivity contribution in [3.05, 3.63) is 35.4 Å². The number of hydrogen-bond acceptors (Lipinski definition) is 3. The van der Waals surface area contributed by atoms with Gasteiger partial charge in [-0.25, -0.2) is 0 Å². The molecule has 0 atom stereocenters. The van der Waals surface area contributed by atoms with Crippen LogP contribution >= 0.6 is 0 Å². The number of nitrogens with zero attached hydrogens (tertiary/aromatic N) is 1. The van der Waals surface area contributed by atoms with E-state index in [0.29, 0.717) is 25.9 Å². The van der Waals surface area contributed by atoms with Crippen molar-refractivity contribution < 1.29 is 14.7 Å². The van der Waals surface area contributed by atoms with Gasteiger partial charge in [0, 0.05) is 25.6 Å². The first-order chi connectivity index (χ1) is 9.95. The summed E-state index contributed by atoms with van der Waals surface area (Å²) in [7, 11) is 0. The minimum Gasteiger partial charge on any atom is -0.481 e. The summed E-state index contributed by atoms with van der Waals surface area (Å²) >= 11 is 0. The summed E-state index contributed by atoms with van der Waals surface area (Å²) in [4.78, 5) is 24.7. The van der Waals surface area contributed by atoms with E-state index in [2.05, 4.69) is 0 Å². The lowest BCUT2D eigenvalue weighted by atomic mass is 10.0. The van der Waals surface area contributed by atoms with E-state index < -0.39 is 5.97 Å². The number of carboxylic acids is 1.